The molecule has 0 unspecified atom stereocenters. The summed E-state index contributed by atoms with van der Waals surface area (Å²) in [5.74, 6) is -1.17. The van der Waals surface area contributed by atoms with Crippen LogP contribution in [0.5, 0.6) is 0 Å². The number of carbonyl (C=O) groups excluding carboxylic acids is 1. The number of halogens is 3. The SMILES string of the molecule is CCN(CC1CCC(C(F)(F)F)CC1)[C@@H]1CCN(c2ccc(C(N)=O)cc2)C1. The molecule has 1 saturated heterocycles. The summed E-state index contributed by atoms with van der Waals surface area (Å²) in [5.41, 5.74) is 6.88. The zero-order valence-electron chi connectivity index (χ0n) is 16.4. The van der Waals surface area contributed by atoms with Crippen molar-refractivity contribution in [2.75, 3.05) is 31.1 Å². The van der Waals surface area contributed by atoms with Crippen molar-refractivity contribution < 1.29 is 18.0 Å². The molecule has 28 heavy (non-hydrogen) atoms. The van der Waals surface area contributed by atoms with Crippen molar-refractivity contribution in [2.24, 2.45) is 17.6 Å². The van der Waals surface area contributed by atoms with Crippen LogP contribution in [0.3, 0.4) is 0 Å². The van der Waals surface area contributed by atoms with Crippen LogP contribution >= 0.6 is 0 Å². The van der Waals surface area contributed by atoms with Crippen LogP contribution in [0.25, 0.3) is 0 Å². The molecule has 2 aliphatic rings. The van der Waals surface area contributed by atoms with Gasteiger partial charge in [0.1, 0.15) is 0 Å². The van der Waals surface area contributed by atoms with Crippen LogP contribution in [-0.2, 0) is 0 Å². The molecule has 0 radical (unpaired) electrons. The Morgan fingerprint density at radius 1 is 1.14 bits per heavy atom. The number of likely N-dealkylation sites (N-methyl/N-ethyl adjacent to an activating group) is 1. The molecule has 0 bridgehead atoms. The fourth-order valence-corrected chi connectivity index (χ4v) is 4.65. The van der Waals surface area contributed by atoms with E-state index in [1.165, 1.54) is 0 Å². The highest BCUT2D eigenvalue weighted by atomic mass is 19.4. The van der Waals surface area contributed by atoms with Crippen molar-refractivity contribution in [2.45, 2.75) is 51.2 Å². The van der Waals surface area contributed by atoms with Crippen LogP contribution in [-0.4, -0.2) is 49.2 Å². The van der Waals surface area contributed by atoms with E-state index in [0.717, 1.165) is 38.3 Å². The number of benzene rings is 1. The van der Waals surface area contributed by atoms with E-state index in [1.54, 1.807) is 12.1 Å². The van der Waals surface area contributed by atoms with Gasteiger partial charge in [-0.25, -0.2) is 0 Å². The van der Waals surface area contributed by atoms with Crippen molar-refractivity contribution in [3.8, 4) is 0 Å². The number of nitrogens with two attached hydrogens (primary N) is 1. The van der Waals surface area contributed by atoms with Gasteiger partial charge in [-0.1, -0.05) is 6.92 Å². The monoisotopic (exact) mass is 397 g/mol. The minimum Gasteiger partial charge on any atom is -0.370 e. The van der Waals surface area contributed by atoms with Gasteiger partial charge in [-0.2, -0.15) is 13.2 Å². The highest BCUT2D eigenvalue weighted by Crippen LogP contribution is 2.40. The zero-order chi connectivity index (χ0) is 20.3. The number of hydrogen-bond acceptors (Lipinski definition) is 3. The third kappa shape index (κ3) is 4.99. The third-order valence-electron chi connectivity index (χ3n) is 6.41. The maximum absolute atomic E-state index is 12.9. The molecule has 1 aliphatic carbocycles. The fourth-order valence-electron chi connectivity index (χ4n) is 4.65. The Labute approximate surface area is 164 Å². The molecule has 1 saturated carbocycles. The zero-order valence-corrected chi connectivity index (χ0v) is 16.4. The second-order valence-corrected chi connectivity index (χ2v) is 8.15. The summed E-state index contributed by atoms with van der Waals surface area (Å²) in [4.78, 5) is 16.0. The van der Waals surface area contributed by atoms with Crippen LogP contribution in [0.2, 0.25) is 0 Å². The number of nitrogens with zero attached hydrogens (tertiary/aromatic N) is 2. The summed E-state index contributed by atoms with van der Waals surface area (Å²) < 4.78 is 38.6. The number of alkyl halides is 3. The van der Waals surface area contributed by atoms with E-state index in [-0.39, 0.29) is 12.8 Å². The van der Waals surface area contributed by atoms with Crippen LogP contribution < -0.4 is 10.6 Å². The first-order valence-corrected chi connectivity index (χ1v) is 10.2. The molecule has 1 aromatic rings. The van der Waals surface area contributed by atoms with Crippen LogP contribution in [0.15, 0.2) is 24.3 Å². The Bertz CT molecular complexity index is 654. The van der Waals surface area contributed by atoms with Crippen molar-refractivity contribution in [3.63, 3.8) is 0 Å². The number of carbonyl (C=O) groups is 1. The maximum Gasteiger partial charge on any atom is 0.391 e. The van der Waals surface area contributed by atoms with Crippen molar-refractivity contribution >= 4 is 11.6 Å². The normalized spacial score (nSPS) is 26.0. The number of hydrogen-bond donors (Lipinski definition) is 1. The Hall–Kier alpha value is -1.76. The molecule has 3 rings (SSSR count). The van der Waals surface area contributed by atoms with Crippen molar-refractivity contribution in [1.82, 2.24) is 4.90 Å². The molecule has 0 spiro atoms. The van der Waals surface area contributed by atoms with Gasteiger partial charge in [0.15, 0.2) is 0 Å². The lowest BCUT2D eigenvalue weighted by Gasteiger charge is -2.35. The average Bonchev–Trinajstić information content (AvgIpc) is 3.16. The number of rotatable bonds is 6. The van der Waals surface area contributed by atoms with E-state index in [2.05, 4.69) is 16.7 Å². The van der Waals surface area contributed by atoms with Gasteiger partial charge in [-0.15, -0.1) is 0 Å². The maximum atomic E-state index is 12.9. The molecule has 2 fully saturated rings. The van der Waals surface area contributed by atoms with Gasteiger partial charge in [-0.05, 0) is 68.8 Å². The van der Waals surface area contributed by atoms with Crippen LogP contribution in [0.1, 0.15) is 49.4 Å². The lowest BCUT2D eigenvalue weighted by molar-refractivity contribution is -0.184. The number of anilines is 1. The first kappa shape index (κ1) is 21.0. The van der Waals surface area contributed by atoms with E-state index in [9.17, 15) is 18.0 Å². The van der Waals surface area contributed by atoms with E-state index in [1.807, 2.05) is 12.1 Å². The largest absolute Gasteiger partial charge is 0.391 e. The minimum atomic E-state index is -4.04. The van der Waals surface area contributed by atoms with Crippen molar-refractivity contribution in [3.05, 3.63) is 29.8 Å². The first-order chi connectivity index (χ1) is 13.3. The van der Waals surface area contributed by atoms with Gasteiger partial charge in [0.2, 0.25) is 5.91 Å². The summed E-state index contributed by atoms with van der Waals surface area (Å²) in [7, 11) is 0. The topological polar surface area (TPSA) is 49.6 Å². The average molecular weight is 397 g/mol. The Morgan fingerprint density at radius 2 is 1.79 bits per heavy atom. The molecule has 1 atom stereocenters. The second kappa shape index (κ2) is 8.72. The predicted molar refractivity (Wildman–Crippen MR) is 104 cm³/mol. The summed E-state index contributed by atoms with van der Waals surface area (Å²) in [6.45, 7) is 5.78. The van der Waals surface area contributed by atoms with E-state index >= 15 is 0 Å². The van der Waals surface area contributed by atoms with Gasteiger partial charge in [-0.3, -0.25) is 9.69 Å². The van der Waals surface area contributed by atoms with Gasteiger partial charge in [0.05, 0.1) is 5.92 Å². The van der Waals surface area contributed by atoms with Crippen LogP contribution in [0.4, 0.5) is 18.9 Å². The molecule has 4 nitrogen and oxygen atoms in total. The lowest BCUT2D eigenvalue weighted by Crippen LogP contribution is -2.41. The van der Waals surface area contributed by atoms with E-state index in [4.69, 9.17) is 5.73 Å². The summed E-state index contributed by atoms with van der Waals surface area (Å²) in [6, 6.07) is 7.78. The molecule has 7 heteroatoms. The molecule has 156 valence electrons. The van der Waals surface area contributed by atoms with Gasteiger partial charge < -0.3 is 10.6 Å². The van der Waals surface area contributed by atoms with Crippen molar-refractivity contribution in [1.29, 1.82) is 0 Å². The third-order valence-corrected chi connectivity index (χ3v) is 6.41. The Balaban J connectivity index is 1.52. The second-order valence-electron chi connectivity index (χ2n) is 8.15. The standard InChI is InChI=1S/C21H30F3N3O/c1-2-26(13-15-3-7-17(8-4-15)21(22,23)24)19-11-12-27(14-19)18-9-5-16(6-10-18)20(25)28/h5-6,9-10,15,17,19H,2-4,7-8,11-14H2,1H3,(H2,25,28)/t15?,17?,19-/m1/s1. The molecule has 2 N–H and O–H groups in total. The van der Waals surface area contributed by atoms with Gasteiger partial charge in [0, 0.05) is 36.9 Å². The van der Waals surface area contributed by atoms with Crippen LogP contribution in [0, 0.1) is 11.8 Å². The molecular weight excluding hydrogens is 367 g/mol. The molecular formula is C21H30F3N3O. The highest BCUT2D eigenvalue weighted by molar-refractivity contribution is 5.93. The Morgan fingerprint density at radius 3 is 2.32 bits per heavy atom. The molecule has 1 amide bonds. The number of primary amides is 1. The summed E-state index contributed by atoms with van der Waals surface area (Å²) >= 11 is 0. The molecule has 1 aromatic carbocycles. The van der Waals surface area contributed by atoms with Gasteiger partial charge in [0.25, 0.3) is 0 Å². The minimum absolute atomic E-state index is 0.273. The fraction of sp³-hybridized carbons (Fsp3) is 0.667. The molecule has 1 heterocycles. The smallest absolute Gasteiger partial charge is 0.370 e. The van der Waals surface area contributed by atoms with E-state index in [0.29, 0.717) is 30.4 Å². The summed E-state index contributed by atoms with van der Waals surface area (Å²) in [6.07, 6.45) is -1.10. The summed E-state index contributed by atoms with van der Waals surface area (Å²) in [5, 5.41) is 0. The van der Waals surface area contributed by atoms with Gasteiger partial charge >= 0.3 is 6.18 Å². The highest BCUT2D eigenvalue weighted by Gasteiger charge is 2.41. The first-order valence-electron chi connectivity index (χ1n) is 10.2. The van der Waals surface area contributed by atoms with E-state index < -0.39 is 18.0 Å². The molecule has 1 aliphatic heterocycles. The number of amides is 1. The quantitative estimate of drug-likeness (QED) is 0.788. The molecule has 0 aromatic heterocycles. The Kier molecular flexibility index (Phi) is 6.53. The predicted octanol–water partition coefficient (Wildman–Crippen LogP) is 4.05. The lowest BCUT2D eigenvalue weighted by atomic mass is 9.81.